The maximum atomic E-state index is 10.4. The van der Waals surface area contributed by atoms with Crippen LogP contribution in [0.5, 0.6) is 0 Å². The van der Waals surface area contributed by atoms with Crippen molar-refractivity contribution in [2.24, 2.45) is 5.92 Å². The number of rotatable bonds is 4. The summed E-state index contributed by atoms with van der Waals surface area (Å²) in [6.07, 6.45) is 8.89. The van der Waals surface area contributed by atoms with Crippen LogP contribution in [-0.2, 0) is 0 Å². The summed E-state index contributed by atoms with van der Waals surface area (Å²) in [6, 6.07) is 8.86. The van der Waals surface area contributed by atoms with Gasteiger partial charge in [0, 0.05) is 17.1 Å². The van der Waals surface area contributed by atoms with Gasteiger partial charge in [0.05, 0.1) is 6.10 Å². The summed E-state index contributed by atoms with van der Waals surface area (Å²) >= 11 is 3.48. The zero-order valence-electron chi connectivity index (χ0n) is 12.7. The first-order chi connectivity index (χ1) is 10.2. The van der Waals surface area contributed by atoms with Crippen molar-refractivity contribution in [3.8, 4) is 0 Å². The van der Waals surface area contributed by atoms with E-state index < -0.39 is 0 Å². The van der Waals surface area contributed by atoms with Crippen LogP contribution >= 0.6 is 15.9 Å². The zero-order chi connectivity index (χ0) is 14.7. The zero-order valence-corrected chi connectivity index (χ0v) is 14.3. The highest BCUT2D eigenvalue weighted by atomic mass is 79.9. The van der Waals surface area contributed by atoms with Crippen molar-refractivity contribution in [3.63, 3.8) is 0 Å². The van der Waals surface area contributed by atoms with Gasteiger partial charge in [-0.2, -0.15) is 0 Å². The Morgan fingerprint density at radius 2 is 2.00 bits per heavy atom. The second-order valence-electron chi connectivity index (χ2n) is 6.65. The molecule has 1 aromatic rings. The molecule has 1 saturated carbocycles. The van der Waals surface area contributed by atoms with Crippen LogP contribution in [0.3, 0.4) is 0 Å². The molecule has 0 amide bonds. The number of benzene rings is 1. The third kappa shape index (κ3) is 3.88. The molecule has 1 aromatic carbocycles. The van der Waals surface area contributed by atoms with Crippen LogP contribution in [-0.4, -0.2) is 29.1 Å². The first-order valence-corrected chi connectivity index (χ1v) is 9.21. The lowest BCUT2D eigenvalue weighted by molar-refractivity contribution is 0.0456. The molecule has 3 unspecified atom stereocenters. The Morgan fingerprint density at radius 3 is 2.86 bits per heavy atom. The summed E-state index contributed by atoms with van der Waals surface area (Å²) in [5, 5.41) is 10.4. The van der Waals surface area contributed by atoms with Crippen molar-refractivity contribution in [1.82, 2.24) is 4.90 Å². The van der Waals surface area contributed by atoms with E-state index in [0.29, 0.717) is 0 Å². The van der Waals surface area contributed by atoms with Gasteiger partial charge in [0.25, 0.3) is 0 Å². The highest BCUT2D eigenvalue weighted by Crippen LogP contribution is 2.35. The lowest BCUT2D eigenvalue weighted by Gasteiger charge is -2.44. The molecule has 1 aliphatic carbocycles. The van der Waals surface area contributed by atoms with E-state index in [0.717, 1.165) is 35.0 Å². The molecule has 0 aromatic heterocycles. The second kappa shape index (κ2) is 7.26. The van der Waals surface area contributed by atoms with Gasteiger partial charge in [-0.05, 0) is 62.3 Å². The van der Waals surface area contributed by atoms with Crippen molar-refractivity contribution >= 4 is 15.9 Å². The van der Waals surface area contributed by atoms with Gasteiger partial charge < -0.3 is 10.0 Å². The Morgan fingerprint density at radius 1 is 1.19 bits per heavy atom. The molecule has 116 valence electrons. The van der Waals surface area contributed by atoms with Gasteiger partial charge in [-0.25, -0.2) is 0 Å². The number of likely N-dealkylation sites (tertiary alicyclic amines) is 1. The van der Waals surface area contributed by atoms with E-state index in [1.165, 1.54) is 45.1 Å². The molecule has 0 bridgehead atoms. The SMILES string of the molecule is OC(CCN1CCCC2CCCCC21)c1cccc(Br)c1. The first kappa shape index (κ1) is 15.5. The summed E-state index contributed by atoms with van der Waals surface area (Å²) < 4.78 is 1.05. The predicted octanol–water partition coefficient (Wildman–Crippen LogP) is 4.53. The molecular weight excluding hydrogens is 326 g/mol. The summed E-state index contributed by atoms with van der Waals surface area (Å²) in [5.74, 6) is 0.926. The van der Waals surface area contributed by atoms with Gasteiger partial charge in [0.1, 0.15) is 0 Å². The summed E-state index contributed by atoms with van der Waals surface area (Å²) in [7, 11) is 0. The van der Waals surface area contributed by atoms with Crippen LogP contribution in [0.15, 0.2) is 28.7 Å². The van der Waals surface area contributed by atoms with Crippen LogP contribution in [0.2, 0.25) is 0 Å². The Kier molecular flexibility index (Phi) is 5.36. The first-order valence-electron chi connectivity index (χ1n) is 8.41. The average molecular weight is 352 g/mol. The molecule has 1 aliphatic heterocycles. The van der Waals surface area contributed by atoms with Crippen LogP contribution in [0.25, 0.3) is 0 Å². The minimum Gasteiger partial charge on any atom is -0.388 e. The predicted molar refractivity (Wildman–Crippen MR) is 90.3 cm³/mol. The van der Waals surface area contributed by atoms with E-state index in [4.69, 9.17) is 0 Å². The number of hydrogen-bond donors (Lipinski definition) is 1. The number of fused-ring (bicyclic) bond motifs is 1. The quantitative estimate of drug-likeness (QED) is 0.861. The number of aliphatic hydroxyl groups excluding tert-OH is 1. The van der Waals surface area contributed by atoms with Crippen molar-refractivity contribution in [2.75, 3.05) is 13.1 Å². The van der Waals surface area contributed by atoms with Crippen molar-refractivity contribution in [2.45, 2.75) is 57.1 Å². The highest BCUT2D eigenvalue weighted by molar-refractivity contribution is 9.10. The minimum atomic E-state index is -0.341. The van der Waals surface area contributed by atoms with Gasteiger partial charge in [-0.15, -0.1) is 0 Å². The molecule has 1 N–H and O–H groups in total. The van der Waals surface area contributed by atoms with Crippen molar-refractivity contribution < 1.29 is 5.11 Å². The maximum Gasteiger partial charge on any atom is 0.0802 e. The van der Waals surface area contributed by atoms with Gasteiger partial charge in [-0.3, -0.25) is 0 Å². The fourth-order valence-electron chi connectivity index (χ4n) is 4.17. The van der Waals surface area contributed by atoms with Crippen LogP contribution < -0.4 is 0 Å². The third-order valence-electron chi connectivity index (χ3n) is 5.28. The third-order valence-corrected chi connectivity index (χ3v) is 5.77. The van der Waals surface area contributed by atoms with Gasteiger partial charge in [-0.1, -0.05) is 40.9 Å². The van der Waals surface area contributed by atoms with E-state index in [1.54, 1.807) is 0 Å². The van der Waals surface area contributed by atoms with Crippen LogP contribution in [0.4, 0.5) is 0 Å². The molecule has 0 spiro atoms. The number of nitrogens with zero attached hydrogens (tertiary/aromatic N) is 1. The molecule has 0 radical (unpaired) electrons. The molecule has 1 saturated heterocycles. The van der Waals surface area contributed by atoms with Gasteiger partial charge in [0.2, 0.25) is 0 Å². The molecule has 21 heavy (non-hydrogen) atoms. The summed E-state index contributed by atoms with van der Waals surface area (Å²) in [5.41, 5.74) is 1.03. The molecule has 1 heterocycles. The highest BCUT2D eigenvalue weighted by Gasteiger charge is 2.32. The monoisotopic (exact) mass is 351 g/mol. The normalized spacial score (nSPS) is 28.1. The van der Waals surface area contributed by atoms with E-state index in [-0.39, 0.29) is 6.10 Å². The van der Waals surface area contributed by atoms with E-state index in [1.807, 2.05) is 24.3 Å². The topological polar surface area (TPSA) is 23.5 Å². The van der Waals surface area contributed by atoms with Crippen molar-refractivity contribution in [3.05, 3.63) is 34.3 Å². The average Bonchev–Trinajstić information content (AvgIpc) is 2.52. The fourth-order valence-corrected chi connectivity index (χ4v) is 4.59. The van der Waals surface area contributed by atoms with Crippen molar-refractivity contribution in [1.29, 1.82) is 0 Å². The Labute approximate surface area is 136 Å². The van der Waals surface area contributed by atoms with E-state index >= 15 is 0 Å². The molecule has 3 atom stereocenters. The molecule has 2 fully saturated rings. The molecule has 2 nitrogen and oxygen atoms in total. The van der Waals surface area contributed by atoms with Gasteiger partial charge in [0.15, 0.2) is 0 Å². The lowest BCUT2D eigenvalue weighted by Crippen LogP contribution is -2.47. The number of piperidine rings is 1. The largest absolute Gasteiger partial charge is 0.388 e. The number of aliphatic hydroxyl groups is 1. The van der Waals surface area contributed by atoms with E-state index in [2.05, 4.69) is 20.8 Å². The Balaban J connectivity index is 1.56. The standard InChI is InChI=1S/C18H26BrNO/c19-16-8-3-6-15(13-16)18(21)10-12-20-11-4-7-14-5-1-2-9-17(14)20/h3,6,8,13-14,17-18,21H,1-2,4-5,7,9-12H2. The van der Waals surface area contributed by atoms with Crippen LogP contribution in [0, 0.1) is 5.92 Å². The lowest BCUT2D eigenvalue weighted by atomic mass is 9.78. The van der Waals surface area contributed by atoms with Crippen LogP contribution in [0.1, 0.15) is 56.6 Å². The molecule has 2 aliphatic rings. The van der Waals surface area contributed by atoms with E-state index in [9.17, 15) is 5.11 Å². The Bertz CT molecular complexity index is 462. The maximum absolute atomic E-state index is 10.4. The van der Waals surface area contributed by atoms with Gasteiger partial charge >= 0.3 is 0 Å². The molecule has 3 heteroatoms. The number of halogens is 1. The number of hydrogen-bond acceptors (Lipinski definition) is 2. The molecule has 3 rings (SSSR count). The second-order valence-corrected chi connectivity index (χ2v) is 7.57. The summed E-state index contributed by atoms with van der Waals surface area (Å²) in [6.45, 7) is 2.27. The minimum absolute atomic E-state index is 0.341. The molecular formula is C18H26BrNO. The summed E-state index contributed by atoms with van der Waals surface area (Å²) in [4.78, 5) is 2.66. The Hall–Kier alpha value is -0.380. The smallest absolute Gasteiger partial charge is 0.0802 e. The fraction of sp³-hybridized carbons (Fsp3) is 0.667.